The molecule has 2 amide bonds. The number of aromatic nitrogens is 2. The quantitative estimate of drug-likeness (QED) is 0.544. The molecule has 9 heteroatoms. The molecule has 194 valence electrons. The fourth-order valence-corrected chi connectivity index (χ4v) is 5.81. The van der Waals surface area contributed by atoms with Crippen molar-refractivity contribution in [1.29, 1.82) is 0 Å². The molecular weight excluding hydrogens is 478 g/mol. The van der Waals surface area contributed by atoms with Crippen LogP contribution in [0.4, 0.5) is 13.6 Å². The molecule has 1 aromatic heterocycles. The molecule has 2 aliphatic rings. The monoisotopic (exact) mass is 508 g/mol. The van der Waals surface area contributed by atoms with Gasteiger partial charge in [-0.15, -0.1) is 0 Å². The van der Waals surface area contributed by atoms with E-state index in [1.165, 1.54) is 23.0 Å². The average Bonchev–Trinajstić information content (AvgIpc) is 3.37. The molecule has 3 aromatic rings. The first-order chi connectivity index (χ1) is 17.8. The minimum absolute atomic E-state index is 0.0620. The van der Waals surface area contributed by atoms with Crippen LogP contribution in [0.25, 0.3) is 11.3 Å². The highest BCUT2D eigenvalue weighted by atomic mass is 19.1. The van der Waals surface area contributed by atoms with Gasteiger partial charge in [0.15, 0.2) is 0 Å². The summed E-state index contributed by atoms with van der Waals surface area (Å²) in [6.07, 6.45) is 5.13. The molecule has 1 aliphatic heterocycles. The number of aliphatic hydroxyl groups is 1. The van der Waals surface area contributed by atoms with Crippen molar-refractivity contribution in [2.45, 2.75) is 50.8 Å². The Labute approximate surface area is 213 Å². The Kier molecular flexibility index (Phi) is 6.81. The zero-order valence-electron chi connectivity index (χ0n) is 20.5. The van der Waals surface area contributed by atoms with Crippen molar-refractivity contribution in [2.24, 2.45) is 5.41 Å². The van der Waals surface area contributed by atoms with E-state index in [2.05, 4.69) is 10.3 Å². The van der Waals surface area contributed by atoms with E-state index < -0.39 is 22.7 Å². The van der Waals surface area contributed by atoms with E-state index in [-0.39, 0.29) is 30.2 Å². The number of piperidine rings is 1. The van der Waals surface area contributed by atoms with Gasteiger partial charge in [0.2, 0.25) is 0 Å². The van der Waals surface area contributed by atoms with Crippen LogP contribution >= 0.6 is 0 Å². The number of nitrogens with zero attached hydrogens (tertiary/aromatic N) is 3. The van der Waals surface area contributed by atoms with Gasteiger partial charge >= 0.3 is 6.03 Å². The van der Waals surface area contributed by atoms with Crippen molar-refractivity contribution in [2.75, 3.05) is 13.1 Å². The summed E-state index contributed by atoms with van der Waals surface area (Å²) in [7, 11) is 0. The average molecular weight is 509 g/mol. The molecule has 37 heavy (non-hydrogen) atoms. The molecule has 0 bridgehead atoms. The predicted molar refractivity (Wildman–Crippen MR) is 135 cm³/mol. The lowest BCUT2D eigenvalue weighted by atomic mass is 9.66. The normalized spacial score (nSPS) is 20.8. The molecule has 1 saturated carbocycles. The van der Waals surface area contributed by atoms with E-state index in [1.807, 2.05) is 30.3 Å². The summed E-state index contributed by atoms with van der Waals surface area (Å²) in [6.45, 7) is 0.670. The molecular formula is C28H30F2N4O3. The van der Waals surface area contributed by atoms with Gasteiger partial charge in [-0.05, 0) is 25.3 Å². The first-order valence-corrected chi connectivity index (χ1v) is 12.6. The minimum Gasteiger partial charge on any atom is -0.387 e. The summed E-state index contributed by atoms with van der Waals surface area (Å²) >= 11 is 0. The smallest absolute Gasteiger partial charge is 0.317 e. The Morgan fingerprint density at radius 2 is 1.81 bits per heavy atom. The van der Waals surface area contributed by atoms with Crippen molar-refractivity contribution >= 4 is 6.03 Å². The first-order valence-electron chi connectivity index (χ1n) is 12.6. The molecule has 2 heterocycles. The summed E-state index contributed by atoms with van der Waals surface area (Å²) in [5.74, 6) is -1.38. The highest BCUT2D eigenvalue weighted by molar-refractivity contribution is 5.74. The SMILES string of the molecule is O=C(NCc1ccc(F)cc1F)N1CCC(O)(Cn2cnc(-c3ccccc3)cc2=O)C2(CCCC2)C1. The molecule has 1 saturated heterocycles. The van der Waals surface area contributed by atoms with Gasteiger partial charge in [0, 0.05) is 48.3 Å². The molecule has 1 atom stereocenters. The van der Waals surface area contributed by atoms with Crippen LogP contribution in [0.2, 0.25) is 0 Å². The number of urea groups is 1. The highest BCUT2D eigenvalue weighted by Crippen LogP contribution is 2.51. The third kappa shape index (κ3) is 5.00. The molecule has 2 aromatic carbocycles. The lowest BCUT2D eigenvalue weighted by Crippen LogP contribution is -2.63. The van der Waals surface area contributed by atoms with E-state index in [0.29, 0.717) is 25.2 Å². The van der Waals surface area contributed by atoms with Crippen molar-refractivity contribution in [1.82, 2.24) is 19.8 Å². The maximum atomic E-state index is 14.0. The summed E-state index contributed by atoms with van der Waals surface area (Å²) in [5, 5.41) is 14.6. The number of hydrogen-bond acceptors (Lipinski definition) is 4. The number of benzene rings is 2. The number of likely N-dealkylation sites (tertiary alicyclic amines) is 1. The van der Waals surface area contributed by atoms with Gasteiger partial charge < -0.3 is 15.3 Å². The van der Waals surface area contributed by atoms with Crippen molar-refractivity contribution in [3.63, 3.8) is 0 Å². The summed E-state index contributed by atoms with van der Waals surface area (Å²) in [5.41, 5.74) is -0.350. The van der Waals surface area contributed by atoms with Crippen LogP contribution in [0.3, 0.4) is 0 Å². The van der Waals surface area contributed by atoms with Crippen LogP contribution in [-0.4, -0.2) is 44.3 Å². The Morgan fingerprint density at radius 1 is 1.05 bits per heavy atom. The maximum absolute atomic E-state index is 14.0. The van der Waals surface area contributed by atoms with E-state index in [4.69, 9.17) is 0 Å². The first kappa shape index (κ1) is 25.1. The third-order valence-corrected chi connectivity index (χ3v) is 7.95. The second-order valence-electron chi connectivity index (χ2n) is 10.2. The van der Waals surface area contributed by atoms with Crippen LogP contribution in [0, 0.1) is 17.0 Å². The fraction of sp³-hybridized carbons (Fsp3) is 0.393. The predicted octanol–water partition coefficient (Wildman–Crippen LogP) is 4.10. The van der Waals surface area contributed by atoms with Crippen LogP contribution in [0.5, 0.6) is 0 Å². The molecule has 7 nitrogen and oxygen atoms in total. The Hall–Kier alpha value is -3.59. The van der Waals surface area contributed by atoms with Gasteiger partial charge in [-0.1, -0.05) is 49.2 Å². The fourth-order valence-electron chi connectivity index (χ4n) is 5.81. The van der Waals surface area contributed by atoms with Crippen molar-refractivity contribution in [3.05, 3.63) is 88.5 Å². The van der Waals surface area contributed by atoms with Gasteiger partial charge in [-0.2, -0.15) is 0 Å². The number of halogens is 2. The molecule has 0 radical (unpaired) electrons. The lowest BCUT2D eigenvalue weighted by molar-refractivity contribution is -0.135. The number of carbonyl (C=O) groups is 1. The van der Waals surface area contributed by atoms with E-state index in [9.17, 15) is 23.5 Å². The minimum atomic E-state index is -1.18. The van der Waals surface area contributed by atoms with Crippen LogP contribution < -0.4 is 10.9 Å². The van der Waals surface area contributed by atoms with Gasteiger partial charge in [0.1, 0.15) is 11.6 Å². The largest absolute Gasteiger partial charge is 0.387 e. The van der Waals surface area contributed by atoms with Gasteiger partial charge in [0.25, 0.3) is 5.56 Å². The number of carbonyl (C=O) groups excluding carboxylic acids is 1. The Bertz CT molecular complexity index is 1340. The molecule has 2 fully saturated rings. The standard InChI is InChI=1S/C28H30F2N4O3/c29-22-9-8-21(23(30)14-22)16-31-26(36)33-13-12-28(37,27(17-33)10-4-5-11-27)18-34-19-32-24(15-25(34)35)20-6-2-1-3-7-20/h1-3,6-9,14-15,19,37H,4-5,10-13,16-18H2,(H,31,36). The number of rotatable bonds is 5. The highest BCUT2D eigenvalue weighted by Gasteiger charge is 2.55. The lowest BCUT2D eigenvalue weighted by Gasteiger charge is -2.52. The van der Waals surface area contributed by atoms with Crippen molar-refractivity contribution < 1.29 is 18.7 Å². The second-order valence-corrected chi connectivity index (χ2v) is 10.2. The third-order valence-electron chi connectivity index (χ3n) is 7.95. The topological polar surface area (TPSA) is 87.5 Å². The van der Waals surface area contributed by atoms with Crippen LogP contribution in [-0.2, 0) is 13.1 Å². The molecule has 1 unspecified atom stereocenters. The summed E-state index contributed by atoms with van der Waals surface area (Å²) in [4.78, 5) is 32.0. The molecule has 1 aliphatic carbocycles. The van der Waals surface area contributed by atoms with Crippen LogP contribution in [0.1, 0.15) is 37.7 Å². The summed E-state index contributed by atoms with van der Waals surface area (Å²) in [6, 6.07) is 13.8. The van der Waals surface area contributed by atoms with Crippen molar-refractivity contribution in [3.8, 4) is 11.3 Å². The van der Waals surface area contributed by atoms with Gasteiger partial charge in [-0.25, -0.2) is 18.6 Å². The van der Waals surface area contributed by atoms with E-state index >= 15 is 0 Å². The van der Waals surface area contributed by atoms with Gasteiger partial charge in [-0.3, -0.25) is 9.36 Å². The summed E-state index contributed by atoms with van der Waals surface area (Å²) < 4.78 is 28.6. The number of hydrogen-bond donors (Lipinski definition) is 2. The second kappa shape index (κ2) is 10.0. The molecule has 5 rings (SSSR count). The Morgan fingerprint density at radius 3 is 2.51 bits per heavy atom. The zero-order valence-corrected chi connectivity index (χ0v) is 20.5. The van der Waals surface area contributed by atoms with E-state index in [1.54, 1.807) is 4.90 Å². The Balaban J connectivity index is 1.30. The zero-order chi connectivity index (χ0) is 26.0. The van der Waals surface area contributed by atoms with Crippen LogP contribution in [0.15, 0.2) is 65.7 Å². The number of nitrogens with one attached hydrogen (secondary N) is 1. The number of amides is 2. The van der Waals surface area contributed by atoms with E-state index in [0.717, 1.165) is 43.4 Å². The van der Waals surface area contributed by atoms with Gasteiger partial charge in [0.05, 0.1) is 24.2 Å². The molecule has 1 spiro atoms. The molecule has 2 N–H and O–H groups in total. The maximum Gasteiger partial charge on any atom is 0.317 e.